The topological polar surface area (TPSA) is 89.4 Å². The normalized spacial score (nSPS) is 10.5. The number of nitrogens with zero attached hydrogens (tertiary/aromatic N) is 1. The van der Waals surface area contributed by atoms with Gasteiger partial charge in [0.05, 0.1) is 27.5 Å². The number of phenols is 1. The van der Waals surface area contributed by atoms with Crippen molar-refractivity contribution in [2.45, 2.75) is 0 Å². The zero-order chi connectivity index (χ0) is 17.5. The first-order valence-corrected chi connectivity index (χ1v) is 7.01. The summed E-state index contributed by atoms with van der Waals surface area (Å²) in [5.74, 6) is 0.707. The number of ether oxygens (including phenoxy) is 3. The highest BCUT2D eigenvalue weighted by Gasteiger charge is 2.10. The van der Waals surface area contributed by atoms with Gasteiger partial charge in [0.1, 0.15) is 5.75 Å². The van der Waals surface area contributed by atoms with Gasteiger partial charge < -0.3 is 19.3 Å². The van der Waals surface area contributed by atoms with Gasteiger partial charge in [-0.25, -0.2) is 5.43 Å². The first kappa shape index (κ1) is 17.1. The summed E-state index contributed by atoms with van der Waals surface area (Å²) in [5, 5.41) is 13.7. The molecule has 0 heterocycles. The van der Waals surface area contributed by atoms with Crippen molar-refractivity contribution in [2.75, 3.05) is 21.3 Å². The number of rotatable bonds is 6. The maximum Gasteiger partial charge on any atom is 0.271 e. The molecule has 2 aromatic carbocycles. The molecular weight excluding hydrogens is 312 g/mol. The Bertz CT molecular complexity index is 716. The second-order valence-corrected chi connectivity index (χ2v) is 4.70. The van der Waals surface area contributed by atoms with Crippen molar-refractivity contribution < 1.29 is 24.1 Å². The molecule has 0 saturated carbocycles. The molecule has 0 aliphatic heterocycles. The Kier molecular flexibility index (Phi) is 5.62. The average molecular weight is 330 g/mol. The van der Waals surface area contributed by atoms with Crippen molar-refractivity contribution in [1.82, 2.24) is 5.43 Å². The maximum absolute atomic E-state index is 12.0. The lowest BCUT2D eigenvalue weighted by Gasteiger charge is -2.09. The van der Waals surface area contributed by atoms with E-state index in [9.17, 15) is 9.90 Å². The van der Waals surface area contributed by atoms with Gasteiger partial charge in [-0.3, -0.25) is 4.79 Å². The molecule has 0 aliphatic carbocycles. The predicted octanol–water partition coefficient (Wildman–Crippen LogP) is 2.18. The Labute approximate surface area is 139 Å². The molecule has 0 atom stereocenters. The van der Waals surface area contributed by atoms with E-state index in [1.165, 1.54) is 20.4 Å². The van der Waals surface area contributed by atoms with E-state index in [-0.39, 0.29) is 23.2 Å². The molecular formula is C17H18N2O5. The summed E-state index contributed by atoms with van der Waals surface area (Å²) in [6, 6.07) is 9.79. The molecule has 1 amide bonds. The van der Waals surface area contributed by atoms with Crippen LogP contribution in [0.2, 0.25) is 0 Å². The zero-order valence-electron chi connectivity index (χ0n) is 13.6. The van der Waals surface area contributed by atoms with Crippen LogP contribution in [0, 0.1) is 0 Å². The number of methoxy groups -OCH3 is 3. The Morgan fingerprint density at radius 3 is 2.12 bits per heavy atom. The van der Waals surface area contributed by atoms with Crippen LogP contribution in [-0.2, 0) is 0 Å². The number of hydrazone groups is 1. The Hall–Kier alpha value is -3.22. The summed E-state index contributed by atoms with van der Waals surface area (Å²) in [6.07, 6.45) is 1.42. The lowest BCUT2D eigenvalue weighted by atomic mass is 10.2. The van der Waals surface area contributed by atoms with Crippen LogP contribution < -0.4 is 19.6 Å². The minimum Gasteiger partial charge on any atom is -0.502 e. The molecule has 126 valence electrons. The lowest BCUT2D eigenvalue weighted by Crippen LogP contribution is -2.17. The van der Waals surface area contributed by atoms with E-state index < -0.39 is 0 Å². The molecule has 2 aromatic rings. The third-order valence-corrected chi connectivity index (χ3v) is 3.23. The molecule has 0 aromatic heterocycles. The first-order chi connectivity index (χ1) is 11.6. The quantitative estimate of drug-likeness (QED) is 0.626. The van der Waals surface area contributed by atoms with Gasteiger partial charge in [0.25, 0.3) is 5.91 Å². The number of nitrogens with one attached hydrogen (secondary N) is 1. The minimum atomic E-state index is -0.355. The van der Waals surface area contributed by atoms with E-state index in [0.717, 1.165) is 0 Å². The number of hydrogen-bond acceptors (Lipinski definition) is 6. The summed E-state index contributed by atoms with van der Waals surface area (Å²) < 4.78 is 15.1. The van der Waals surface area contributed by atoms with Crippen molar-refractivity contribution in [2.24, 2.45) is 5.10 Å². The van der Waals surface area contributed by atoms with E-state index in [1.54, 1.807) is 43.5 Å². The summed E-state index contributed by atoms with van der Waals surface area (Å²) in [7, 11) is 4.42. The second-order valence-electron chi connectivity index (χ2n) is 4.70. The van der Waals surface area contributed by atoms with Gasteiger partial charge in [-0.05, 0) is 36.4 Å². The minimum absolute atomic E-state index is 0.0978. The van der Waals surface area contributed by atoms with Crippen LogP contribution in [0.15, 0.2) is 41.5 Å². The van der Waals surface area contributed by atoms with E-state index >= 15 is 0 Å². The summed E-state index contributed by atoms with van der Waals surface area (Å²) in [5.41, 5.74) is 3.47. The van der Waals surface area contributed by atoms with Gasteiger partial charge in [0.2, 0.25) is 5.75 Å². The fourth-order valence-electron chi connectivity index (χ4n) is 1.96. The largest absolute Gasteiger partial charge is 0.502 e. The van der Waals surface area contributed by atoms with Crippen LogP contribution in [0.5, 0.6) is 23.0 Å². The molecule has 7 nitrogen and oxygen atoms in total. The van der Waals surface area contributed by atoms with Crippen LogP contribution >= 0.6 is 0 Å². The van der Waals surface area contributed by atoms with Crippen LogP contribution in [0.25, 0.3) is 0 Å². The van der Waals surface area contributed by atoms with E-state index in [2.05, 4.69) is 10.5 Å². The van der Waals surface area contributed by atoms with Crippen molar-refractivity contribution in [3.8, 4) is 23.0 Å². The highest BCUT2D eigenvalue weighted by molar-refractivity contribution is 5.95. The van der Waals surface area contributed by atoms with Crippen LogP contribution in [-0.4, -0.2) is 38.6 Å². The van der Waals surface area contributed by atoms with Gasteiger partial charge in [0.15, 0.2) is 11.5 Å². The Morgan fingerprint density at radius 1 is 1.04 bits per heavy atom. The predicted molar refractivity (Wildman–Crippen MR) is 89.3 cm³/mol. The summed E-state index contributed by atoms with van der Waals surface area (Å²) in [4.78, 5) is 12.0. The number of aromatic hydroxyl groups is 1. The standard InChI is InChI=1S/C17H18N2O5/c1-22-13-6-4-12(5-7-13)17(21)19-18-10-11-8-14(23-2)16(20)15(9-11)24-3/h4-10,20H,1-3H3,(H,19,21). The number of carbonyl (C=O) groups excluding carboxylic acids is 1. The van der Waals surface area contributed by atoms with Gasteiger partial charge in [-0.1, -0.05) is 0 Å². The maximum atomic E-state index is 12.0. The molecule has 24 heavy (non-hydrogen) atoms. The zero-order valence-corrected chi connectivity index (χ0v) is 13.6. The molecule has 0 aliphatic rings. The summed E-state index contributed by atoms with van der Waals surface area (Å²) in [6.45, 7) is 0. The van der Waals surface area contributed by atoms with Crippen molar-refractivity contribution in [1.29, 1.82) is 0 Å². The SMILES string of the molecule is COc1ccc(C(=O)NN=Cc2cc(OC)c(O)c(OC)c2)cc1. The average Bonchev–Trinajstić information content (AvgIpc) is 2.62. The van der Waals surface area contributed by atoms with Gasteiger partial charge in [-0.2, -0.15) is 5.10 Å². The molecule has 0 spiro atoms. The van der Waals surface area contributed by atoms with E-state index in [0.29, 0.717) is 16.9 Å². The van der Waals surface area contributed by atoms with Crippen molar-refractivity contribution in [3.63, 3.8) is 0 Å². The van der Waals surface area contributed by atoms with Gasteiger partial charge >= 0.3 is 0 Å². The third kappa shape index (κ3) is 3.95. The highest BCUT2D eigenvalue weighted by atomic mass is 16.5. The van der Waals surface area contributed by atoms with Crippen LogP contribution in [0.4, 0.5) is 0 Å². The highest BCUT2D eigenvalue weighted by Crippen LogP contribution is 2.36. The molecule has 0 radical (unpaired) electrons. The van der Waals surface area contributed by atoms with Gasteiger partial charge in [-0.15, -0.1) is 0 Å². The number of benzene rings is 2. The lowest BCUT2D eigenvalue weighted by molar-refractivity contribution is 0.0955. The number of amides is 1. The smallest absolute Gasteiger partial charge is 0.271 e. The molecule has 0 fully saturated rings. The van der Waals surface area contributed by atoms with E-state index in [1.807, 2.05) is 0 Å². The first-order valence-electron chi connectivity index (χ1n) is 7.01. The number of carbonyl (C=O) groups is 1. The van der Waals surface area contributed by atoms with Gasteiger partial charge in [0, 0.05) is 11.1 Å². The molecule has 0 unspecified atom stereocenters. The van der Waals surface area contributed by atoms with Crippen LogP contribution in [0.3, 0.4) is 0 Å². The van der Waals surface area contributed by atoms with Crippen molar-refractivity contribution >= 4 is 12.1 Å². The van der Waals surface area contributed by atoms with Crippen molar-refractivity contribution in [3.05, 3.63) is 47.5 Å². The van der Waals surface area contributed by atoms with E-state index in [4.69, 9.17) is 14.2 Å². The number of hydrogen-bond donors (Lipinski definition) is 2. The Morgan fingerprint density at radius 2 is 1.62 bits per heavy atom. The third-order valence-electron chi connectivity index (χ3n) is 3.23. The Balaban J connectivity index is 2.09. The fraction of sp³-hybridized carbons (Fsp3) is 0.176. The second kappa shape index (κ2) is 7.87. The molecule has 0 bridgehead atoms. The fourth-order valence-corrected chi connectivity index (χ4v) is 1.96. The molecule has 2 rings (SSSR count). The number of phenolic OH excluding ortho intramolecular Hbond substituents is 1. The monoisotopic (exact) mass is 330 g/mol. The summed E-state index contributed by atoms with van der Waals surface area (Å²) >= 11 is 0. The molecule has 2 N–H and O–H groups in total. The molecule has 0 saturated heterocycles. The molecule has 7 heteroatoms. The van der Waals surface area contributed by atoms with Crippen LogP contribution in [0.1, 0.15) is 15.9 Å².